The van der Waals surface area contributed by atoms with Gasteiger partial charge in [0.25, 0.3) is 0 Å². The van der Waals surface area contributed by atoms with Crippen molar-refractivity contribution in [1.29, 1.82) is 0 Å². The molecular formula is C21H28O7. The minimum atomic E-state index is -1.14. The zero-order valence-corrected chi connectivity index (χ0v) is 16.4. The normalized spacial score (nSPS) is 38.8. The molecule has 0 bridgehead atoms. The molecule has 2 fully saturated rings. The summed E-state index contributed by atoms with van der Waals surface area (Å²) in [4.78, 5) is 0. The highest BCUT2D eigenvalue weighted by molar-refractivity contribution is 5.21. The lowest BCUT2D eigenvalue weighted by molar-refractivity contribution is -0.293. The van der Waals surface area contributed by atoms with Gasteiger partial charge in [0.2, 0.25) is 0 Å². The molecule has 2 aliphatic heterocycles. The highest BCUT2D eigenvalue weighted by atomic mass is 16.9. The second kappa shape index (κ2) is 7.84. The van der Waals surface area contributed by atoms with Crippen LogP contribution in [0.1, 0.15) is 25.8 Å². The number of aliphatic hydroxyl groups excluding tert-OH is 1. The van der Waals surface area contributed by atoms with Crippen LogP contribution in [0.4, 0.5) is 0 Å². The summed E-state index contributed by atoms with van der Waals surface area (Å²) < 4.78 is 35.7. The zero-order valence-electron chi connectivity index (χ0n) is 16.4. The van der Waals surface area contributed by atoms with Gasteiger partial charge in [-0.3, -0.25) is 0 Å². The first-order valence-corrected chi connectivity index (χ1v) is 9.60. The summed E-state index contributed by atoms with van der Waals surface area (Å²) in [6.07, 6.45) is 1.07. The molecule has 6 atom stereocenters. The molecule has 7 nitrogen and oxygen atoms in total. The van der Waals surface area contributed by atoms with Gasteiger partial charge in [-0.2, -0.15) is 0 Å². The maximum Gasteiger partial charge on any atom is 0.190 e. The van der Waals surface area contributed by atoms with Crippen molar-refractivity contribution in [3.05, 3.63) is 48.0 Å². The van der Waals surface area contributed by atoms with E-state index in [1.165, 1.54) is 0 Å². The fourth-order valence-electron chi connectivity index (χ4n) is 4.27. The molecule has 2 heterocycles. The lowest BCUT2D eigenvalue weighted by atomic mass is 9.79. The number of fused-ring (bicyclic) bond motifs is 1. The van der Waals surface area contributed by atoms with E-state index in [2.05, 4.69) is 0 Å². The van der Waals surface area contributed by atoms with Crippen molar-refractivity contribution in [2.24, 2.45) is 0 Å². The van der Waals surface area contributed by atoms with Crippen LogP contribution < -0.4 is 0 Å². The molecule has 1 N–H and O–H groups in total. The molecule has 1 aromatic rings. The maximum atomic E-state index is 11.0. The Balaban J connectivity index is 1.64. The Hall–Kier alpha value is -1.32. The highest BCUT2D eigenvalue weighted by Gasteiger charge is 2.68. The van der Waals surface area contributed by atoms with Crippen molar-refractivity contribution in [3.63, 3.8) is 0 Å². The van der Waals surface area contributed by atoms with Crippen LogP contribution in [-0.4, -0.2) is 61.1 Å². The minimum absolute atomic E-state index is 0.0876. The molecule has 0 saturated carbocycles. The molecule has 1 aliphatic carbocycles. The molecule has 7 heteroatoms. The van der Waals surface area contributed by atoms with Crippen molar-refractivity contribution in [1.82, 2.24) is 0 Å². The Morgan fingerprint density at radius 3 is 2.64 bits per heavy atom. The number of hydrogen-bond donors (Lipinski definition) is 1. The quantitative estimate of drug-likeness (QED) is 0.587. The lowest BCUT2D eigenvalue weighted by Gasteiger charge is -2.45. The average molecular weight is 392 g/mol. The number of hydrogen-bond acceptors (Lipinski definition) is 7. The largest absolute Gasteiger partial charge is 0.386 e. The van der Waals surface area contributed by atoms with E-state index < -0.39 is 42.1 Å². The number of methoxy groups -OCH3 is 1. The van der Waals surface area contributed by atoms with E-state index in [9.17, 15) is 5.11 Å². The number of ether oxygens (including phenoxy) is 6. The van der Waals surface area contributed by atoms with Crippen molar-refractivity contribution in [2.75, 3.05) is 13.9 Å². The summed E-state index contributed by atoms with van der Waals surface area (Å²) in [6.45, 7) is 4.12. The van der Waals surface area contributed by atoms with Gasteiger partial charge in [0.1, 0.15) is 25.1 Å². The molecule has 2 saturated heterocycles. The summed E-state index contributed by atoms with van der Waals surface area (Å²) in [6, 6.07) is 9.87. The fourth-order valence-corrected chi connectivity index (χ4v) is 4.27. The van der Waals surface area contributed by atoms with E-state index in [0.29, 0.717) is 13.0 Å². The number of rotatable bonds is 6. The van der Waals surface area contributed by atoms with E-state index in [4.69, 9.17) is 28.4 Å². The molecule has 1 spiro atoms. The first-order chi connectivity index (χ1) is 13.5. The van der Waals surface area contributed by atoms with Crippen molar-refractivity contribution < 1.29 is 33.5 Å². The first kappa shape index (κ1) is 20.0. The van der Waals surface area contributed by atoms with Crippen molar-refractivity contribution in [2.45, 2.75) is 69.0 Å². The van der Waals surface area contributed by atoms with Crippen LogP contribution in [0.25, 0.3) is 0 Å². The smallest absolute Gasteiger partial charge is 0.190 e. The van der Waals surface area contributed by atoms with Gasteiger partial charge in [-0.1, -0.05) is 42.5 Å². The van der Waals surface area contributed by atoms with E-state index in [1.807, 2.05) is 50.3 Å². The Kier molecular flexibility index (Phi) is 5.59. The predicted molar refractivity (Wildman–Crippen MR) is 99.2 cm³/mol. The number of aliphatic hydroxyl groups is 1. The Bertz CT molecular complexity index is 691. The van der Waals surface area contributed by atoms with Gasteiger partial charge in [0, 0.05) is 7.11 Å². The van der Waals surface area contributed by atoms with Gasteiger partial charge in [-0.25, -0.2) is 0 Å². The fraction of sp³-hybridized carbons (Fsp3) is 0.619. The summed E-state index contributed by atoms with van der Waals surface area (Å²) in [5, 5.41) is 11.0. The molecule has 28 heavy (non-hydrogen) atoms. The summed E-state index contributed by atoms with van der Waals surface area (Å²) in [7, 11) is 1.56. The highest BCUT2D eigenvalue weighted by Crippen LogP contribution is 2.49. The SMILES string of the molecule is COCOC1CC=C[C@@H](O)C12O[C@@H]1OC(C)(C)O[C@@H]1[C@H]2OCc1ccccc1. The number of benzene rings is 1. The van der Waals surface area contributed by atoms with E-state index in [0.717, 1.165) is 5.56 Å². The third-order valence-electron chi connectivity index (χ3n) is 5.44. The van der Waals surface area contributed by atoms with E-state index in [-0.39, 0.29) is 6.79 Å². The van der Waals surface area contributed by atoms with Crippen LogP contribution >= 0.6 is 0 Å². The topological polar surface area (TPSA) is 75.6 Å². The molecule has 0 aromatic heterocycles. The molecule has 0 amide bonds. The molecule has 154 valence electrons. The van der Waals surface area contributed by atoms with Gasteiger partial charge in [0.05, 0.1) is 12.7 Å². The maximum absolute atomic E-state index is 11.0. The third kappa shape index (κ3) is 3.52. The van der Waals surface area contributed by atoms with Gasteiger partial charge in [-0.05, 0) is 25.8 Å². The second-order valence-electron chi connectivity index (χ2n) is 7.83. The first-order valence-electron chi connectivity index (χ1n) is 9.60. The van der Waals surface area contributed by atoms with Gasteiger partial charge in [-0.15, -0.1) is 0 Å². The summed E-state index contributed by atoms with van der Waals surface area (Å²) in [5.74, 6) is -0.788. The second-order valence-corrected chi connectivity index (χ2v) is 7.83. The monoisotopic (exact) mass is 392 g/mol. The van der Waals surface area contributed by atoms with Crippen molar-refractivity contribution >= 4 is 0 Å². The van der Waals surface area contributed by atoms with Crippen LogP contribution in [-0.2, 0) is 35.0 Å². The summed E-state index contributed by atoms with van der Waals surface area (Å²) >= 11 is 0. The zero-order chi connectivity index (χ0) is 19.8. The standard InChI is InChI=1S/C21H28O7/c1-20(2)26-17-18(24-12-14-8-5-4-6-9-14)21(28-19(17)27-20)15(22)10-7-11-16(21)25-13-23-3/h4-10,15-19,22H,11-13H2,1-3H3/t15-,16?,17-,18-,19+,21?/m1/s1. The molecule has 1 aromatic carbocycles. The van der Waals surface area contributed by atoms with Crippen LogP contribution in [0, 0.1) is 0 Å². The van der Waals surface area contributed by atoms with Gasteiger partial charge >= 0.3 is 0 Å². The van der Waals surface area contributed by atoms with E-state index >= 15 is 0 Å². The Morgan fingerprint density at radius 1 is 1.11 bits per heavy atom. The predicted octanol–water partition coefficient (Wildman–Crippen LogP) is 2.13. The molecule has 2 unspecified atom stereocenters. The van der Waals surface area contributed by atoms with Crippen LogP contribution in [0.3, 0.4) is 0 Å². The molecule has 3 aliphatic rings. The molecular weight excluding hydrogens is 364 g/mol. The molecule has 4 rings (SSSR count). The Labute approximate surface area is 165 Å². The van der Waals surface area contributed by atoms with Gasteiger partial charge < -0.3 is 33.5 Å². The Morgan fingerprint density at radius 2 is 1.89 bits per heavy atom. The van der Waals surface area contributed by atoms with Crippen LogP contribution in [0.5, 0.6) is 0 Å². The lowest BCUT2D eigenvalue weighted by Crippen LogP contribution is -2.63. The average Bonchev–Trinajstić information content (AvgIpc) is 3.12. The van der Waals surface area contributed by atoms with Crippen molar-refractivity contribution in [3.8, 4) is 0 Å². The van der Waals surface area contributed by atoms with Crippen LogP contribution in [0.2, 0.25) is 0 Å². The summed E-state index contributed by atoms with van der Waals surface area (Å²) in [5.41, 5.74) is -0.122. The van der Waals surface area contributed by atoms with E-state index in [1.54, 1.807) is 13.2 Å². The van der Waals surface area contributed by atoms with Crippen LogP contribution in [0.15, 0.2) is 42.5 Å². The molecule has 0 radical (unpaired) electrons. The van der Waals surface area contributed by atoms with Gasteiger partial charge in [0.15, 0.2) is 17.7 Å². The third-order valence-corrected chi connectivity index (χ3v) is 5.44. The minimum Gasteiger partial charge on any atom is -0.386 e.